The summed E-state index contributed by atoms with van der Waals surface area (Å²) in [6.07, 6.45) is 0.108. The first kappa shape index (κ1) is 18.3. The van der Waals surface area contributed by atoms with Crippen LogP contribution < -0.4 is 10.2 Å². The lowest BCUT2D eigenvalue weighted by atomic mass is 10.1. The van der Waals surface area contributed by atoms with E-state index in [0.717, 1.165) is 0 Å². The standard InChI is InChI=1S/C17H12Cl4N2O2/c18-10-2-1-3-11(5-10)23-8-9(4-16(23)24)17(25)22-15-7-13(20)12(19)6-14(15)21/h1-3,5-7,9H,4,8H2,(H,22,25). The molecule has 25 heavy (non-hydrogen) atoms. The fourth-order valence-corrected chi connectivity index (χ4v) is 3.41. The smallest absolute Gasteiger partial charge is 0.229 e. The van der Waals surface area contributed by atoms with E-state index in [4.69, 9.17) is 46.4 Å². The van der Waals surface area contributed by atoms with E-state index in [9.17, 15) is 9.59 Å². The Hall–Kier alpha value is -1.46. The molecule has 130 valence electrons. The maximum absolute atomic E-state index is 12.5. The quantitative estimate of drug-likeness (QED) is 0.689. The third-order valence-electron chi connectivity index (χ3n) is 3.88. The molecule has 3 rings (SSSR count). The first-order chi connectivity index (χ1) is 11.8. The number of hydrogen-bond acceptors (Lipinski definition) is 2. The van der Waals surface area contributed by atoms with Gasteiger partial charge in [0, 0.05) is 23.7 Å². The third kappa shape index (κ3) is 4.04. The summed E-state index contributed by atoms with van der Waals surface area (Å²) < 4.78 is 0. The SMILES string of the molecule is O=C(Nc1cc(Cl)c(Cl)cc1Cl)C1CC(=O)N(c2cccc(Cl)c2)C1. The zero-order valence-corrected chi connectivity index (χ0v) is 15.8. The Morgan fingerprint density at radius 1 is 1.04 bits per heavy atom. The van der Waals surface area contributed by atoms with Crippen molar-refractivity contribution < 1.29 is 9.59 Å². The van der Waals surface area contributed by atoms with Gasteiger partial charge in [0.15, 0.2) is 0 Å². The number of anilines is 2. The molecule has 2 amide bonds. The highest BCUT2D eigenvalue weighted by Crippen LogP contribution is 2.33. The topological polar surface area (TPSA) is 49.4 Å². The van der Waals surface area contributed by atoms with Crippen molar-refractivity contribution in [1.82, 2.24) is 0 Å². The number of rotatable bonds is 3. The van der Waals surface area contributed by atoms with E-state index in [1.54, 1.807) is 29.2 Å². The van der Waals surface area contributed by atoms with E-state index < -0.39 is 5.92 Å². The minimum atomic E-state index is -0.503. The van der Waals surface area contributed by atoms with Crippen LogP contribution in [0.3, 0.4) is 0 Å². The van der Waals surface area contributed by atoms with Crippen LogP contribution in [-0.2, 0) is 9.59 Å². The zero-order valence-electron chi connectivity index (χ0n) is 12.7. The molecule has 0 bridgehead atoms. The Morgan fingerprint density at radius 3 is 2.48 bits per heavy atom. The molecule has 1 fully saturated rings. The molecule has 2 aromatic rings. The molecular weight excluding hydrogens is 406 g/mol. The second-order valence-electron chi connectivity index (χ2n) is 5.62. The maximum Gasteiger partial charge on any atom is 0.229 e. The summed E-state index contributed by atoms with van der Waals surface area (Å²) in [4.78, 5) is 26.3. The fraction of sp³-hybridized carbons (Fsp3) is 0.176. The van der Waals surface area contributed by atoms with Crippen LogP contribution >= 0.6 is 46.4 Å². The van der Waals surface area contributed by atoms with Gasteiger partial charge in [-0.15, -0.1) is 0 Å². The van der Waals surface area contributed by atoms with Crippen molar-refractivity contribution in [2.24, 2.45) is 5.92 Å². The Kier molecular flexibility index (Phi) is 5.44. The van der Waals surface area contributed by atoms with Gasteiger partial charge in [-0.3, -0.25) is 9.59 Å². The molecule has 1 saturated heterocycles. The number of amides is 2. The van der Waals surface area contributed by atoms with Crippen molar-refractivity contribution in [1.29, 1.82) is 0 Å². The molecular formula is C17H12Cl4N2O2. The average Bonchev–Trinajstić information content (AvgIpc) is 2.94. The average molecular weight is 418 g/mol. The van der Waals surface area contributed by atoms with Gasteiger partial charge in [0.05, 0.1) is 26.7 Å². The lowest BCUT2D eigenvalue weighted by Crippen LogP contribution is -2.28. The monoisotopic (exact) mass is 416 g/mol. The highest BCUT2D eigenvalue weighted by atomic mass is 35.5. The molecule has 8 heteroatoms. The molecule has 1 aliphatic heterocycles. The van der Waals surface area contributed by atoms with Crippen molar-refractivity contribution in [3.63, 3.8) is 0 Å². The predicted molar refractivity (Wildman–Crippen MR) is 102 cm³/mol. The van der Waals surface area contributed by atoms with E-state index in [-0.39, 0.29) is 34.8 Å². The molecule has 0 radical (unpaired) electrons. The van der Waals surface area contributed by atoms with Gasteiger partial charge in [-0.25, -0.2) is 0 Å². The number of carbonyl (C=O) groups is 2. The lowest BCUT2D eigenvalue weighted by molar-refractivity contribution is -0.122. The Bertz CT molecular complexity index is 857. The fourth-order valence-electron chi connectivity index (χ4n) is 2.63. The summed E-state index contributed by atoms with van der Waals surface area (Å²) >= 11 is 23.9. The second kappa shape index (κ2) is 7.42. The Balaban J connectivity index is 1.74. The van der Waals surface area contributed by atoms with E-state index in [1.165, 1.54) is 12.1 Å². The van der Waals surface area contributed by atoms with E-state index in [1.807, 2.05) is 0 Å². The van der Waals surface area contributed by atoms with Crippen LogP contribution in [0.4, 0.5) is 11.4 Å². The summed E-state index contributed by atoms with van der Waals surface area (Å²) in [5.74, 6) is -0.946. The Labute approximate surface area is 164 Å². The minimum Gasteiger partial charge on any atom is -0.324 e. The van der Waals surface area contributed by atoms with Crippen LogP contribution in [0.25, 0.3) is 0 Å². The van der Waals surface area contributed by atoms with E-state index in [2.05, 4.69) is 5.32 Å². The third-order valence-corrected chi connectivity index (χ3v) is 5.15. The van der Waals surface area contributed by atoms with E-state index in [0.29, 0.717) is 21.4 Å². The molecule has 2 aromatic carbocycles. The van der Waals surface area contributed by atoms with Gasteiger partial charge in [-0.05, 0) is 30.3 Å². The number of hydrogen-bond donors (Lipinski definition) is 1. The van der Waals surface area contributed by atoms with Gasteiger partial charge < -0.3 is 10.2 Å². The van der Waals surface area contributed by atoms with Crippen molar-refractivity contribution >= 4 is 69.6 Å². The summed E-state index contributed by atoms with van der Waals surface area (Å²) in [6, 6.07) is 9.89. The molecule has 1 N–H and O–H groups in total. The number of nitrogens with zero attached hydrogens (tertiary/aromatic N) is 1. The molecule has 0 saturated carbocycles. The number of carbonyl (C=O) groups excluding carboxylic acids is 2. The van der Waals surface area contributed by atoms with Crippen molar-refractivity contribution in [3.05, 3.63) is 56.5 Å². The van der Waals surface area contributed by atoms with Crippen LogP contribution in [0.2, 0.25) is 20.1 Å². The van der Waals surface area contributed by atoms with Gasteiger partial charge in [0.25, 0.3) is 0 Å². The van der Waals surface area contributed by atoms with Crippen LogP contribution in [-0.4, -0.2) is 18.4 Å². The maximum atomic E-state index is 12.5. The van der Waals surface area contributed by atoms with Gasteiger partial charge in [-0.2, -0.15) is 0 Å². The zero-order chi connectivity index (χ0) is 18.1. The van der Waals surface area contributed by atoms with Crippen molar-refractivity contribution in [2.45, 2.75) is 6.42 Å². The highest BCUT2D eigenvalue weighted by Gasteiger charge is 2.35. The summed E-state index contributed by atoms with van der Waals surface area (Å²) in [6.45, 7) is 0.268. The lowest BCUT2D eigenvalue weighted by Gasteiger charge is -2.17. The molecule has 0 aliphatic carbocycles. The molecule has 1 unspecified atom stereocenters. The molecule has 0 spiro atoms. The van der Waals surface area contributed by atoms with Crippen molar-refractivity contribution in [3.8, 4) is 0 Å². The van der Waals surface area contributed by atoms with Crippen molar-refractivity contribution in [2.75, 3.05) is 16.8 Å². The normalized spacial score (nSPS) is 17.0. The highest BCUT2D eigenvalue weighted by molar-refractivity contribution is 6.44. The Morgan fingerprint density at radius 2 is 1.76 bits per heavy atom. The summed E-state index contributed by atoms with van der Waals surface area (Å²) in [5, 5.41) is 4.09. The minimum absolute atomic E-state index is 0.108. The largest absolute Gasteiger partial charge is 0.324 e. The predicted octanol–water partition coefficient (Wildman–Crippen LogP) is 5.29. The molecule has 1 aliphatic rings. The van der Waals surface area contributed by atoms with Gasteiger partial charge in [0.1, 0.15) is 0 Å². The molecule has 1 atom stereocenters. The van der Waals surface area contributed by atoms with E-state index >= 15 is 0 Å². The molecule has 0 aromatic heterocycles. The second-order valence-corrected chi connectivity index (χ2v) is 7.28. The van der Waals surface area contributed by atoms with Gasteiger partial charge >= 0.3 is 0 Å². The first-order valence-electron chi connectivity index (χ1n) is 7.36. The van der Waals surface area contributed by atoms with Crippen LogP contribution in [0.15, 0.2) is 36.4 Å². The summed E-state index contributed by atoms with van der Waals surface area (Å²) in [5.41, 5.74) is 1.02. The number of benzene rings is 2. The molecule has 1 heterocycles. The first-order valence-corrected chi connectivity index (χ1v) is 8.87. The van der Waals surface area contributed by atoms with Crippen LogP contribution in [0.5, 0.6) is 0 Å². The van der Waals surface area contributed by atoms with Crippen LogP contribution in [0.1, 0.15) is 6.42 Å². The van der Waals surface area contributed by atoms with Crippen LogP contribution in [0, 0.1) is 5.92 Å². The number of halogens is 4. The molecule has 4 nitrogen and oxygen atoms in total. The van der Waals surface area contributed by atoms with Gasteiger partial charge in [0.2, 0.25) is 11.8 Å². The van der Waals surface area contributed by atoms with Gasteiger partial charge in [-0.1, -0.05) is 52.5 Å². The number of nitrogens with one attached hydrogen (secondary N) is 1. The summed E-state index contributed by atoms with van der Waals surface area (Å²) in [7, 11) is 0.